The summed E-state index contributed by atoms with van der Waals surface area (Å²) >= 11 is 0. The first-order chi connectivity index (χ1) is 12.2. The Morgan fingerprint density at radius 1 is 1.24 bits per heavy atom. The van der Waals surface area contributed by atoms with Gasteiger partial charge < -0.3 is 24.9 Å². The SMILES string of the molecule is COc1ccccc1Nc1nc(N)nc(COC(=O)c2ccoc2)n1. The molecule has 0 amide bonds. The topological polar surface area (TPSA) is 125 Å². The lowest BCUT2D eigenvalue weighted by atomic mass is 10.3. The van der Waals surface area contributed by atoms with Gasteiger partial charge in [-0.25, -0.2) is 4.79 Å². The molecule has 3 aromatic rings. The summed E-state index contributed by atoms with van der Waals surface area (Å²) in [6.07, 6.45) is 2.67. The maximum Gasteiger partial charge on any atom is 0.341 e. The number of carbonyl (C=O) groups is 1. The van der Waals surface area contributed by atoms with Crippen molar-refractivity contribution in [2.75, 3.05) is 18.2 Å². The third-order valence-electron chi connectivity index (χ3n) is 3.14. The minimum Gasteiger partial charge on any atom is -0.495 e. The molecule has 0 atom stereocenters. The Morgan fingerprint density at radius 2 is 2.08 bits per heavy atom. The molecule has 0 aliphatic carbocycles. The van der Waals surface area contributed by atoms with E-state index in [9.17, 15) is 4.79 Å². The van der Waals surface area contributed by atoms with Gasteiger partial charge in [-0.1, -0.05) is 12.1 Å². The summed E-state index contributed by atoms with van der Waals surface area (Å²) in [5.41, 5.74) is 6.66. The van der Waals surface area contributed by atoms with Gasteiger partial charge in [0.05, 0.1) is 24.6 Å². The van der Waals surface area contributed by atoms with Crippen LogP contribution >= 0.6 is 0 Å². The molecule has 9 nitrogen and oxygen atoms in total. The number of furan rings is 1. The van der Waals surface area contributed by atoms with Gasteiger partial charge in [-0.05, 0) is 18.2 Å². The third-order valence-corrected chi connectivity index (χ3v) is 3.14. The molecule has 9 heteroatoms. The number of carbonyl (C=O) groups excluding carboxylic acids is 1. The fourth-order valence-electron chi connectivity index (χ4n) is 2.02. The lowest BCUT2D eigenvalue weighted by molar-refractivity contribution is 0.0461. The predicted molar refractivity (Wildman–Crippen MR) is 88.3 cm³/mol. The molecule has 128 valence electrons. The number of hydrogen-bond donors (Lipinski definition) is 2. The summed E-state index contributed by atoms with van der Waals surface area (Å²) in [5.74, 6) is 0.497. The van der Waals surface area contributed by atoms with Crippen molar-refractivity contribution in [3.63, 3.8) is 0 Å². The molecule has 0 saturated heterocycles. The average molecular weight is 341 g/mol. The molecule has 0 radical (unpaired) electrons. The molecule has 0 aliphatic heterocycles. The molecule has 0 saturated carbocycles. The van der Waals surface area contributed by atoms with Crippen molar-refractivity contribution in [1.29, 1.82) is 0 Å². The highest BCUT2D eigenvalue weighted by molar-refractivity contribution is 5.88. The molecule has 0 aliphatic rings. The van der Waals surface area contributed by atoms with Crippen LogP contribution in [0.15, 0.2) is 47.3 Å². The summed E-state index contributed by atoms with van der Waals surface area (Å²) in [7, 11) is 1.56. The minimum atomic E-state index is -0.549. The van der Waals surface area contributed by atoms with Gasteiger partial charge in [0.15, 0.2) is 12.4 Å². The zero-order valence-corrected chi connectivity index (χ0v) is 13.3. The Balaban J connectivity index is 1.73. The molecule has 3 rings (SSSR count). The summed E-state index contributed by atoms with van der Waals surface area (Å²) in [5, 5.41) is 3.00. The fraction of sp³-hybridized carbons (Fsp3) is 0.125. The van der Waals surface area contributed by atoms with Crippen molar-refractivity contribution in [3.8, 4) is 5.75 Å². The second kappa shape index (κ2) is 7.30. The van der Waals surface area contributed by atoms with Gasteiger partial charge in [-0.15, -0.1) is 0 Å². The van der Waals surface area contributed by atoms with E-state index in [0.29, 0.717) is 17.0 Å². The zero-order valence-electron chi connectivity index (χ0n) is 13.3. The van der Waals surface area contributed by atoms with E-state index in [0.717, 1.165) is 0 Å². The standard InChI is InChI=1S/C16H15N5O4/c1-23-12-5-3-2-4-11(12)18-16-20-13(19-15(17)21-16)9-25-14(22)10-6-7-24-8-10/h2-8H,9H2,1H3,(H3,17,18,19,20,21). The lowest BCUT2D eigenvalue weighted by Gasteiger charge is -2.10. The molecule has 2 aromatic heterocycles. The Labute approximate surface area is 142 Å². The summed E-state index contributed by atoms with van der Waals surface area (Å²) in [4.78, 5) is 24.0. The highest BCUT2D eigenvalue weighted by Crippen LogP contribution is 2.25. The maximum atomic E-state index is 11.8. The van der Waals surface area contributed by atoms with Crippen LogP contribution in [0, 0.1) is 0 Å². The molecule has 0 bridgehead atoms. The van der Waals surface area contributed by atoms with Crippen LogP contribution in [-0.4, -0.2) is 28.0 Å². The zero-order chi connectivity index (χ0) is 17.6. The molecule has 0 unspecified atom stereocenters. The smallest absolute Gasteiger partial charge is 0.341 e. The van der Waals surface area contributed by atoms with E-state index >= 15 is 0 Å². The van der Waals surface area contributed by atoms with Crippen molar-refractivity contribution >= 4 is 23.6 Å². The van der Waals surface area contributed by atoms with Crippen LogP contribution in [-0.2, 0) is 11.3 Å². The summed E-state index contributed by atoms with van der Waals surface area (Å²) < 4.78 is 15.2. The van der Waals surface area contributed by atoms with Gasteiger partial charge in [0.1, 0.15) is 12.0 Å². The van der Waals surface area contributed by atoms with Crippen LogP contribution in [0.4, 0.5) is 17.6 Å². The number of nitrogens with one attached hydrogen (secondary N) is 1. The molecule has 0 fully saturated rings. The highest BCUT2D eigenvalue weighted by atomic mass is 16.5. The van der Waals surface area contributed by atoms with Crippen molar-refractivity contribution in [3.05, 3.63) is 54.2 Å². The van der Waals surface area contributed by atoms with Crippen LogP contribution in [0.5, 0.6) is 5.75 Å². The molecule has 0 spiro atoms. The van der Waals surface area contributed by atoms with Gasteiger partial charge in [-0.3, -0.25) is 0 Å². The lowest BCUT2D eigenvalue weighted by Crippen LogP contribution is -2.11. The number of ether oxygens (including phenoxy) is 2. The number of anilines is 3. The predicted octanol–water partition coefficient (Wildman–Crippen LogP) is 2.16. The molecule has 25 heavy (non-hydrogen) atoms. The van der Waals surface area contributed by atoms with Gasteiger partial charge in [-0.2, -0.15) is 15.0 Å². The number of para-hydroxylation sites is 2. The number of hydrogen-bond acceptors (Lipinski definition) is 9. The van der Waals surface area contributed by atoms with Crippen LogP contribution in [0.2, 0.25) is 0 Å². The monoisotopic (exact) mass is 341 g/mol. The van der Waals surface area contributed by atoms with Gasteiger partial charge >= 0.3 is 5.97 Å². The first kappa shape index (κ1) is 16.2. The summed E-state index contributed by atoms with van der Waals surface area (Å²) in [6, 6.07) is 8.77. The number of benzene rings is 1. The first-order valence-electron chi connectivity index (χ1n) is 7.25. The van der Waals surface area contributed by atoms with E-state index in [1.165, 1.54) is 18.6 Å². The Kier molecular flexibility index (Phi) is 4.74. The van der Waals surface area contributed by atoms with E-state index in [1.807, 2.05) is 12.1 Å². The number of nitrogens with two attached hydrogens (primary N) is 1. The number of rotatable bonds is 6. The van der Waals surface area contributed by atoms with Crippen molar-refractivity contribution in [1.82, 2.24) is 15.0 Å². The largest absolute Gasteiger partial charge is 0.495 e. The minimum absolute atomic E-state index is 0.00163. The van der Waals surface area contributed by atoms with E-state index in [-0.39, 0.29) is 24.3 Å². The average Bonchev–Trinajstić information content (AvgIpc) is 3.14. The van der Waals surface area contributed by atoms with E-state index < -0.39 is 5.97 Å². The van der Waals surface area contributed by atoms with Crippen molar-refractivity contribution in [2.45, 2.75) is 6.61 Å². The third kappa shape index (κ3) is 4.02. The normalized spacial score (nSPS) is 10.3. The van der Waals surface area contributed by atoms with Gasteiger partial charge in [0.2, 0.25) is 11.9 Å². The molecule has 2 heterocycles. The second-order valence-corrected chi connectivity index (χ2v) is 4.85. The maximum absolute atomic E-state index is 11.8. The Bertz CT molecular complexity index is 867. The fourth-order valence-corrected chi connectivity index (χ4v) is 2.02. The van der Waals surface area contributed by atoms with Crippen LogP contribution < -0.4 is 15.8 Å². The van der Waals surface area contributed by atoms with Crippen molar-refractivity contribution < 1.29 is 18.7 Å². The molecule has 1 aromatic carbocycles. The van der Waals surface area contributed by atoms with Gasteiger partial charge in [0, 0.05) is 0 Å². The molecular formula is C16H15N5O4. The highest BCUT2D eigenvalue weighted by Gasteiger charge is 2.12. The quantitative estimate of drug-likeness (QED) is 0.648. The van der Waals surface area contributed by atoms with Crippen LogP contribution in [0.25, 0.3) is 0 Å². The van der Waals surface area contributed by atoms with Gasteiger partial charge in [0.25, 0.3) is 0 Å². The first-order valence-corrected chi connectivity index (χ1v) is 7.25. The number of esters is 1. The van der Waals surface area contributed by atoms with E-state index in [2.05, 4.69) is 20.3 Å². The van der Waals surface area contributed by atoms with Crippen LogP contribution in [0.3, 0.4) is 0 Å². The van der Waals surface area contributed by atoms with E-state index in [4.69, 9.17) is 19.6 Å². The Morgan fingerprint density at radius 3 is 2.84 bits per heavy atom. The summed E-state index contributed by atoms with van der Waals surface area (Å²) in [6.45, 7) is -0.155. The second-order valence-electron chi connectivity index (χ2n) is 4.85. The van der Waals surface area contributed by atoms with Crippen molar-refractivity contribution in [2.24, 2.45) is 0 Å². The number of aromatic nitrogens is 3. The number of methoxy groups -OCH3 is 1. The molecule has 3 N–H and O–H groups in total. The van der Waals surface area contributed by atoms with E-state index in [1.54, 1.807) is 19.2 Å². The number of nitrogen functional groups attached to an aromatic ring is 1. The number of nitrogens with zero attached hydrogens (tertiary/aromatic N) is 3. The van der Waals surface area contributed by atoms with Crippen LogP contribution in [0.1, 0.15) is 16.2 Å². The molecular weight excluding hydrogens is 326 g/mol. The Hall–Kier alpha value is -3.62.